The lowest BCUT2D eigenvalue weighted by Gasteiger charge is -2.04. The average molecular weight is 334 g/mol. The number of thioether (sulfide) groups is 1. The largest absolute Gasteiger partial charge is 0.463 e. The van der Waals surface area contributed by atoms with Crippen molar-refractivity contribution in [2.75, 3.05) is 7.11 Å². The molecule has 3 aromatic rings. The maximum atomic E-state index is 13.3. The standard InChI is InChI=1S/C14H11FN4O3S/c1-21-13(20)12-9(5-6-22-12)8-23-14-16-17-18-19(14)11-4-2-3-10(15)7-11/h2-7H,8H2,1H3. The van der Waals surface area contributed by atoms with E-state index in [1.54, 1.807) is 18.2 Å². The number of carbonyl (C=O) groups excluding carboxylic acids is 1. The molecule has 0 saturated heterocycles. The van der Waals surface area contributed by atoms with Gasteiger partial charge < -0.3 is 9.15 Å². The van der Waals surface area contributed by atoms with Crippen molar-refractivity contribution in [3.63, 3.8) is 0 Å². The Bertz CT molecular complexity index is 833. The number of furan rings is 1. The number of tetrazole rings is 1. The molecular formula is C14H11FN4O3S. The molecule has 0 aliphatic rings. The number of nitrogens with zero attached hydrogens (tertiary/aromatic N) is 4. The molecule has 7 nitrogen and oxygen atoms in total. The van der Waals surface area contributed by atoms with Gasteiger partial charge in [0.1, 0.15) is 5.82 Å². The van der Waals surface area contributed by atoms with E-state index in [1.807, 2.05) is 0 Å². The first-order valence-electron chi connectivity index (χ1n) is 6.51. The van der Waals surface area contributed by atoms with Crippen LogP contribution in [0, 0.1) is 5.82 Å². The average Bonchev–Trinajstić information content (AvgIpc) is 3.21. The van der Waals surface area contributed by atoms with E-state index in [9.17, 15) is 9.18 Å². The van der Waals surface area contributed by atoms with E-state index in [1.165, 1.54) is 41.9 Å². The smallest absolute Gasteiger partial charge is 0.374 e. The first-order chi connectivity index (χ1) is 11.2. The van der Waals surface area contributed by atoms with Gasteiger partial charge in [-0.2, -0.15) is 4.68 Å². The molecule has 23 heavy (non-hydrogen) atoms. The van der Waals surface area contributed by atoms with Crippen LogP contribution in [0.5, 0.6) is 0 Å². The fourth-order valence-corrected chi connectivity index (χ4v) is 2.77. The fraction of sp³-hybridized carbons (Fsp3) is 0.143. The number of halogens is 1. The molecule has 0 unspecified atom stereocenters. The summed E-state index contributed by atoms with van der Waals surface area (Å²) in [6.45, 7) is 0. The van der Waals surface area contributed by atoms with Crippen molar-refractivity contribution in [3.8, 4) is 5.69 Å². The van der Waals surface area contributed by atoms with Crippen LogP contribution in [0.2, 0.25) is 0 Å². The monoisotopic (exact) mass is 334 g/mol. The first kappa shape index (κ1) is 15.2. The summed E-state index contributed by atoms with van der Waals surface area (Å²) in [6, 6.07) is 7.62. The number of esters is 1. The summed E-state index contributed by atoms with van der Waals surface area (Å²) in [4.78, 5) is 11.6. The van der Waals surface area contributed by atoms with Crippen LogP contribution in [-0.4, -0.2) is 33.3 Å². The Hall–Kier alpha value is -2.68. The van der Waals surface area contributed by atoms with Crippen molar-refractivity contribution in [1.82, 2.24) is 20.2 Å². The number of aromatic nitrogens is 4. The maximum Gasteiger partial charge on any atom is 0.374 e. The Kier molecular flexibility index (Phi) is 4.38. The highest BCUT2D eigenvalue weighted by Gasteiger charge is 2.17. The van der Waals surface area contributed by atoms with Gasteiger partial charge in [0.15, 0.2) is 0 Å². The van der Waals surface area contributed by atoms with Crippen LogP contribution in [-0.2, 0) is 10.5 Å². The van der Waals surface area contributed by atoms with Crippen molar-refractivity contribution < 1.29 is 18.3 Å². The summed E-state index contributed by atoms with van der Waals surface area (Å²) in [6.07, 6.45) is 1.41. The Morgan fingerprint density at radius 1 is 1.43 bits per heavy atom. The van der Waals surface area contributed by atoms with Gasteiger partial charge >= 0.3 is 5.97 Å². The van der Waals surface area contributed by atoms with Crippen LogP contribution < -0.4 is 0 Å². The van der Waals surface area contributed by atoms with E-state index in [0.717, 1.165) is 0 Å². The van der Waals surface area contributed by atoms with Gasteiger partial charge in [-0.15, -0.1) is 5.10 Å². The third kappa shape index (κ3) is 3.24. The van der Waals surface area contributed by atoms with Gasteiger partial charge in [0.2, 0.25) is 10.9 Å². The third-order valence-corrected chi connectivity index (χ3v) is 3.94. The Balaban J connectivity index is 1.79. The highest BCUT2D eigenvalue weighted by molar-refractivity contribution is 7.98. The van der Waals surface area contributed by atoms with Crippen molar-refractivity contribution in [1.29, 1.82) is 0 Å². The molecular weight excluding hydrogens is 323 g/mol. The number of hydrogen-bond acceptors (Lipinski definition) is 7. The lowest BCUT2D eigenvalue weighted by Crippen LogP contribution is -2.03. The van der Waals surface area contributed by atoms with Crippen molar-refractivity contribution >= 4 is 17.7 Å². The summed E-state index contributed by atoms with van der Waals surface area (Å²) >= 11 is 1.29. The lowest BCUT2D eigenvalue weighted by molar-refractivity contribution is 0.0564. The molecule has 0 N–H and O–H groups in total. The topological polar surface area (TPSA) is 83.0 Å². The van der Waals surface area contributed by atoms with Crippen LogP contribution in [0.25, 0.3) is 5.69 Å². The van der Waals surface area contributed by atoms with E-state index in [0.29, 0.717) is 22.2 Å². The molecule has 0 fully saturated rings. The molecule has 0 saturated carbocycles. The third-order valence-electron chi connectivity index (χ3n) is 2.97. The lowest BCUT2D eigenvalue weighted by atomic mass is 10.3. The maximum absolute atomic E-state index is 13.3. The van der Waals surface area contributed by atoms with E-state index in [-0.39, 0.29) is 11.6 Å². The summed E-state index contributed by atoms with van der Waals surface area (Å²) in [5.41, 5.74) is 1.17. The second kappa shape index (κ2) is 6.61. The molecule has 2 heterocycles. The van der Waals surface area contributed by atoms with E-state index >= 15 is 0 Å². The predicted octanol–water partition coefficient (Wildman–Crippen LogP) is 2.47. The van der Waals surface area contributed by atoms with Crippen LogP contribution in [0.3, 0.4) is 0 Å². The Morgan fingerprint density at radius 2 is 2.30 bits per heavy atom. The molecule has 0 bridgehead atoms. The first-order valence-corrected chi connectivity index (χ1v) is 7.49. The van der Waals surface area contributed by atoms with Gasteiger partial charge in [0.05, 0.1) is 19.1 Å². The van der Waals surface area contributed by atoms with Crippen molar-refractivity contribution in [2.24, 2.45) is 0 Å². The normalized spacial score (nSPS) is 10.7. The van der Waals surface area contributed by atoms with E-state index < -0.39 is 5.97 Å². The molecule has 2 aromatic heterocycles. The molecule has 9 heteroatoms. The molecule has 1 aromatic carbocycles. The number of methoxy groups -OCH3 is 1. The van der Waals surface area contributed by atoms with Crippen LogP contribution in [0.4, 0.5) is 4.39 Å². The van der Waals surface area contributed by atoms with Gasteiger partial charge in [-0.25, -0.2) is 9.18 Å². The van der Waals surface area contributed by atoms with Crippen molar-refractivity contribution in [2.45, 2.75) is 10.9 Å². The summed E-state index contributed by atoms with van der Waals surface area (Å²) in [7, 11) is 1.28. The van der Waals surface area contributed by atoms with Gasteiger partial charge in [0, 0.05) is 11.3 Å². The molecule has 0 aliphatic heterocycles. The SMILES string of the molecule is COC(=O)c1occc1CSc1nnnn1-c1cccc(F)c1. The number of rotatable bonds is 5. The Labute approximate surface area is 134 Å². The van der Waals surface area contributed by atoms with Gasteiger partial charge in [0.25, 0.3) is 0 Å². The second-order valence-electron chi connectivity index (χ2n) is 4.41. The zero-order chi connectivity index (χ0) is 16.2. The molecule has 0 radical (unpaired) electrons. The van der Waals surface area contributed by atoms with E-state index in [2.05, 4.69) is 20.3 Å². The fourth-order valence-electron chi connectivity index (χ4n) is 1.90. The molecule has 0 atom stereocenters. The quantitative estimate of drug-likeness (QED) is 0.523. The highest BCUT2D eigenvalue weighted by Crippen LogP contribution is 2.25. The number of hydrogen-bond donors (Lipinski definition) is 0. The molecule has 118 valence electrons. The second-order valence-corrected chi connectivity index (χ2v) is 5.35. The van der Waals surface area contributed by atoms with E-state index in [4.69, 9.17) is 4.42 Å². The van der Waals surface area contributed by atoms with Gasteiger partial charge in [-0.1, -0.05) is 17.8 Å². The minimum absolute atomic E-state index is 0.143. The number of benzene rings is 1. The minimum atomic E-state index is -0.546. The summed E-state index contributed by atoms with van der Waals surface area (Å²) in [5.74, 6) is -0.381. The van der Waals surface area contributed by atoms with Gasteiger partial charge in [-0.05, 0) is 34.7 Å². The van der Waals surface area contributed by atoms with Crippen LogP contribution >= 0.6 is 11.8 Å². The van der Waals surface area contributed by atoms with Crippen molar-refractivity contribution in [3.05, 3.63) is 53.7 Å². The van der Waals surface area contributed by atoms with Crippen LogP contribution in [0.15, 0.2) is 46.2 Å². The van der Waals surface area contributed by atoms with Crippen LogP contribution in [0.1, 0.15) is 16.1 Å². The number of ether oxygens (including phenoxy) is 1. The molecule has 3 rings (SSSR count). The minimum Gasteiger partial charge on any atom is -0.463 e. The molecule has 0 aliphatic carbocycles. The number of carbonyl (C=O) groups is 1. The zero-order valence-corrected chi connectivity index (χ0v) is 12.8. The Morgan fingerprint density at radius 3 is 3.09 bits per heavy atom. The predicted molar refractivity (Wildman–Crippen MR) is 78.7 cm³/mol. The zero-order valence-electron chi connectivity index (χ0n) is 12.0. The summed E-state index contributed by atoms with van der Waals surface area (Å²) < 4.78 is 24.5. The van der Waals surface area contributed by atoms with Gasteiger partial charge in [-0.3, -0.25) is 0 Å². The molecule has 0 spiro atoms. The molecule has 0 amide bonds. The highest BCUT2D eigenvalue weighted by atomic mass is 32.2. The summed E-state index contributed by atoms with van der Waals surface area (Å²) in [5, 5.41) is 11.8.